The van der Waals surface area contributed by atoms with Crippen molar-refractivity contribution in [3.63, 3.8) is 0 Å². The molecule has 0 radical (unpaired) electrons. The predicted octanol–water partition coefficient (Wildman–Crippen LogP) is 2.55. The van der Waals surface area contributed by atoms with Crippen LogP contribution < -0.4 is 14.7 Å². The Balaban J connectivity index is 1.22. The number of rotatable bonds is 4. The molecule has 7 nitrogen and oxygen atoms in total. The summed E-state index contributed by atoms with van der Waals surface area (Å²) in [6.07, 6.45) is 4.80. The van der Waals surface area contributed by atoms with Gasteiger partial charge in [0.05, 0.1) is 34.0 Å². The van der Waals surface area contributed by atoms with Crippen LogP contribution in [-0.4, -0.2) is 69.9 Å². The first-order chi connectivity index (χ1) is 15.6. The predicted molar refractivity (Wildman–Crippen MR) is 127 cm³/mol. The molecule has 3 aliphatic heterocycles. The summed E-state index contributed by atoms with van der Waals surface area (Å²) in [6, 6.07) is 8.10. The summed E-state index contributed by atoms with van der Waals surface area (Å²) in [5.74, 6) is 3.23. The average Bonchev–Trinajstić information content (AvgIpc) is 3.35. The van der Waals surface area contributed by atoms with Crippen LogP contribution in [0.15, 0.2) is 35.4 Å². The van der Waals surface area contributed by atoms with E-state index in [1.54, 1.807) is 6.20 Å². The molecule has 2 unspecified atom stereocenters. The molecule has 1 aromatic carbocycles. The van der Waals surface area contributed by atoms with E-state index in [1.807, 2.05) is 12.1 Å². The van der Waals surface area contributed by atoms with Gasteiger partial charge in [-0.05, 0) is 43.5 Å². The van der Waals surface area contributed by atoms with Crippen LogP contribution in [0.2, 0.25) is 5.02 Å². The number of aliphatic hydroxyl groups excluding tert-OH is 1. The molecule has 1 aliphatic carbocycles. The van der Waals surface area contributed by atoms with Crippen molar-refractivity contribution in [1.29, 1.82) is 0 Å². The van der Waals surface area contributed by atoms with Gasteiger partial charge in [-0.15, -0.1) is 0 Å². The van der Waals surface area contributed by atoms with Crippen molar-refractivity contribution >= 4 is 39.9 Å². The molecule has 32 heavy (non-hydrogen) atoms. The summed E-state index contributed by atoms with van der Waals surface area (Å²) in [4.78, 5) is 17.2. The van der Waals surface area contributed by atoms with Crippen LogP contribution in [0.5, 0.6) is 0 Å². The zero-order chi connectivity index (χ0) is 21.9. The molecule has 6 rings (SSSR count). The maximum Gasteiger partial charge on any atom is 0.227 e. The lowest BCUT2D eigenvalue weighted by atomic mass is 9.76. The summed E-state index contributed by atoms with van der Waals surface area (Å²) in [7, 11) is -1.08. The van der Waals surface area contributed by atoms with Crippen molar-refractivity contribution < 1.29 is 9.32 Å². The van der Waals surface area contributed by atoms with Crippen LogP contribution >= 0.6 is 11.6 Å². The van der Waals surface area contributed by atoms with Gasteiger partial charge in [-0.3, -0.25) is 4.21 Å². The molecule has 0 spiro atoms. The van der Waals surface area contributed by atoms with E-state index in [9.17, 15) is 9.32 Å². The fourth-order valence-electron chi connectivity index (χ4n) is 5.83. The van der Waals surface area contributed by atoms with Gasteiger partial charge in [0.2, 0.25) is 5.95 Å². The van der Waals surface area contributed by atoms with E-state index >= 15 is 0 Å². The number of anilines is 3. The van der Waals surface area contributed by atoms with Crippen LogP contribution in [-0.2, 0) is 10.8 Å². The summed E-state index contributed by atoms with van der Waals surface area (Å²) in [6.45, 7) is 4.71. The van der Waals surface area contributed by atoms with Crippen molar-refractivity contribution in [3.05, 3.63) is 35.5 Å². The van der Waals surface area contributed by atoms with E-state index in [2.05, 4.69) is 31.8 Å². The normalized spacial score (nSPS) is 28.4. The van der Waals surface area contributed by atoms with Crippen molar-refractivity contribution in [3.8, 4) is 0 Å². The van der Waals surface area contributed by atoms with Crippen molar-refractivity contribution in [2.24, 2.45) is 11.8 Å². The van der Waals surface area contributed by atoms with Crippen LogP contribution in [0.3, 0.4) is 0 Å². The number of hydrogen-bond donors (Lipinski definition) is 1. The zero-order valence-electron chi connectivity index (χ0n) is 18.0. The SMILES string of the molecule is O=[S@]1CCN(C2(CO)CCC2)c2nc(N3CC4CN(c5ccc(Cl)cc5)CC4C3)ncc21. The molecule has 3 fully saturated rings. The van der Waals surface area contributed by atoms with Gasteiger partial charge < -0.3 is 19.8 Å². The van der Waals surface area contributed by atoms with E-state index < -0.39 is 10.8 Å². The van der Waals surface area contributed by atoms with E-state index in [-0.39, 0.29) is 12.1 Å². The molecule has 0 bridgehead atoms. The third-order valence-corrected chi connectivity index (χ3v) is 9.42. The Hall–Kier alpha value is -1.90. The van der Waals surface area contributed by atoms with Gasteiger partial charge >= 0.3 is 0 Å². The molecule has 4 aliphatic rings. The summed E-state index contributed by atoms with van der Waals surface area (Å²) < 4.78 is 12.7. The molecule has 0 amide bonds. The van der Waals surface area contributed by atoms with Gasteiger partial charge in [-0.25, -0.2) is 4.98 Å². The Labute approximate surface area is 195 Å². The van der Waals surface area contributed by atoms with Crippen LogP contribution in [0.1, 0.15) is 19.3 Å². The largest absolute Gasteiger partial charge is 0.394 e. The van der Waals surface area contributed by atoms with Crippen LogP contribution in [0.4, 0.5) is 17.5 Å². The van der Waals surface area contributed by atoms with Gasteiger partial charge in [0.15, 0.2) is 5.82 Å². The number of benzene rings is 1. The average molecular weight is 474 g/mol. The fourth-order valence-corrected chi connectivity index (χ4v) is 7.05. The lowest BCUT2D eigenvalue weighted by molar-refractivity contribution is 0.115. The number of aromatic nitrogens is 2. The minimum Gasteiger partial charge on any atom is -0.394 e. The first kappa shape index (κ1) is 20.7. The van der Waals surface area contributed by atoms with Gasteiger partial charge in [0, 0.05) is 61.0 Å². The van der Waals surface area contributed by atoms with Crippen molar-refractivity contribution in [1.82, 2.24) is 9.97 Å². The summed E-state index contributed by atoms with van der Waals surface area (Å²) >= 11 is 6.05. The molecular weight excluding hydrogens is 446 g/mol. The Kier molecular flexibility index (Phi) is 5.08. The molecule has 9 heteroatoms. The van der Waals surface area contributed by atoms with Gasteiger partial charge in [0.25, 0.3) is 0 Å². The molecule has 2 saturated heterocycles. The quantitative estimate of drug-likeness (QED) is 0.731. The minimum absolute atomic E-state index is 0.118. The monoisotopic (exact) mass is 473 g/mol. The molecule has 4 heterocycles. The Morgan fingerprint density at radius 2 is 1.78 bits per heavy atom. The Morgan fingerprint density at radius 3 is 2.41 bits per heavy atom. The van der Waals surface area contributed by atoms with E-state index in [0.717, 1.165) is 62.2 Å². The van der Waals surface area contributed by atoms with E-state index in [4.69, 9.17) is 16.6 Å². The number of hydrogen-bond acceptors (Lipinski definition) is 7. The van der Waals surface area contributed by atoms with Gasteiger partial charge in [-0.1, -0.05) is 11.6 Å². The minimum atomic E-state index is -1.08. The summed E-state index contributed by atoms with van der Waals surface area (Å²) in [5.41, 5.74) is 0.985. The maximum atomic E-state index is 12.7. The molecule has 1 aromatic heterocycles. The molecule has 170 valence electrons. The lowest BCUT2D eigenvalue weighted by Crippen LogP contribution is -2.59. The zero-order valence-corrected chi connectivity index (χ0v) is 19.6. The number of halogens is 1. The molecule has 3 atom stereocenters. The van der Waals surface area contributed by atoms with Crippen molar-refractivity contribution in [2.45, 2.75) is 29.7 Å². The number of fused-ring (bicyclic) bond motifs is 2. The molecule has 1 N–H and O–H groups in total. The highest BCUT2D eigenvalue weighted by Gasteiger charge is 2.46. The third kappa shape index (κ3) is 3.30. The molecule has 1 saturated carbocycles. The van der Waals surface area contributed by atoms with Crippen LogP contribution in [0, 0.1) is 11.8 Å². The smallest absolute Gasteiger partial charge is 0.227 e. The fraction of sp³-hybridized carbons (Fsp3) is 0.565. The number of nitrogens with zero attached hydrogens (tertiary/aromatic N) is 5. The Bertz CT molecular complexity index is 1030. The topological polar surface area (TPSA) is 72.8 Å². The highest BCUT2D eigenvalue weighted by molar-refractivity contribution is 7.85. The first-order valence-electron chi connectivity index (χ1n) is 11.5. The van der Waals surface area contributed by atoms with Crippen molar-refractivity contribution in [2.75, 3.05) is 59.8 Å². The second-order valence-corrected chi connectivity index (χ2v) is 11.6. The maximum absolute atomic E-state index is 12.7. The van der Waals surface area contributed by atoms with E-state index in [1.165, 1.54) is 5.69 Å². The molecule has 2 aromatic rings. The highest BCUT2D eigenvalue weighted by atomic mass is 35.5. The highest BCUT2D eigenvalue weighted by Crippen LogP contribution is 2.43. The summed E-state index contributed by atoms with van der Waals surface area (Å²) in [5, 5.41) is 10.9. The third-order valence-electron chi connectivity index (χ3n) is 7.84. The Morgan fingerprint density at radius 1 is 1.09 bits per heavy atom. The molecular formula is C23H28ClN5O2S. The van der Waals surface area contributed by atoms with Gasteiger partial charge in [0.1, 0.15) is 0 Å². The second kappa shape index (κ2) is 7.85. The van der Waals surface area contributed by atoms with Gasteiger partial charge in [-0.2, -0.15) is 4.98 Å². The first-order valence-corrected chi connectivity index (χ1v) is 13.2. The number of aliphatic hydroxyl groups is 1. The lowest BCUT2D eigenvalue weighted by Gasteiger charge is -2.51. The van der Waals surface area contributed by atoms with E-state index in [0.29, 0.717) is 29.0 Å². The second-order valence-electron chi connectivity index (χ2n) is 9.60. The van der Waals surface area contributed by atoms with Crippen LogP contribution in [0.25, 0.3) is 0 Å². The standard InChI is InChI=1S/C23H28ClN5O2S/c24-18-2-4-19(5-3-18)27-11-16-13-28(14-17(16)12-27)22-25-10-20-21(26-22)29(8-9-32(20)31)23(15-30)6-1-7-23/h2-5,10,16-17,30H,1,6-9,11-15H2/t16?,17?,32-/m0/s1.